The van der Waals surface area contributed by atoms with E-state index in [0.29, 0.717) is 11.8 Å². The van der Waals surface area contributed by atoms with Gasteiger partial charge in [0.2, 0.25) is 10.0 Å². The zero-order valence-electron chi connectivity index (χ0n) is 13.0. The number of hydrogen-bond acceptors (Lipinski definition) is 4. The summed E-state index contributed by atoms with van der Waals surface area (Å²) in [6, 6.07) is 10.0. The maximum Gasteiger partial charge on any atom is 0.251 e. The van der Waals surface area contributed by atoms with Gasteiger partial charge in [0.25, 0.3) is 5.91 Å². The highest BCUT2D eigenvalue weighted by Gasteiger charge is 2.29. The second-order valence-electron chi connectivity index (χ2n) is 5.66. The molecule has 4 nitrogen and oxygen atoms in total. The third-order valence-electron chi connectivity index (χ3n) is 3.85. The van der Waals surface area contributed by atoms with Crippen molar-refractivity contribution in [2.45, 2.75) is 17.4 Å². The van der Waals surface area contributed by atoms with Crippen LogP contribution >= 0.6 is 11.8 Å². The molecule has 0 radical (unpaired) electrons. The summed E-state index contributed by atoms with van der Waals surface area (Å²) in [5, 5.41) is -0.627. The van der Waals surface area contributed by atoms with Crippen LogP contribution < -0.4 is 4.72 Å². The second kappa shape index (κ2) is 7.13. The van der Waals surface area contributed by atoms with Gasteiger partial charge in [0.1, 0.15) is 16.9 Å². The summed E-state index contributed by atoms with van der Waals surface area (Å²) in [5.74, 6) is -2.43. The predicted octanol–water partition coefficient (Wildman–Crippen LogP) is 2.94. The first-order valence-corrected chi connectivity index (χ1v) is 10.2. The molecule has 0 unspecified atom stereocenters. The van der Waals surface area contributed by atoms with E-state index in [1.54, 1.807) is 12.1 Å². The summed E-state index contributed by atoms with van der Waals surface area (Å²) in [7, 11) is -4.10. The number of nitrogens with one attached hydrogen (secondary N) is 1. The Morgan fingerprint density at radius 3 is 2.72 bits per heavy atom. The van der Waals surface area contributed by atoms with Crippen LogP contribution in [0.5, 0.6) is 0 Å². The first-order chi connectivity index (χ1) is 11.9. The molecule has 0 saturated heterocycles. The monoisotopic (exact) mass is 383 g/mol. The number of fused-ring (bicyclic) bond motifs is 1. The van der Waals surface area contributed by atoms with Gasteiger partial charge in [0.05, 0.1) is 5.75 Å². The largest absolute Gasteiger partial charge is 0.272 e. The number of carbonyl (C=O) groups excluding carboxylic acids is 1. The number of amides is 1. The minimum Gasteiger partial charge on any atom is -0.272 e. The Morgan fingerprint density at radius 1 is 1.20 bits per heavy atom. The van der Waals surface area contributed by atoms with Gasteiger partial charge in [-0.2, -0.15) is 0 Å². The van der Waals surface area contributed by atoms with Crippen LogP contribution in [0.25, 0.3) is 0 Å². The molecule has 1 N–H and O–H groups in total. The third kappa shape index (κ3) is 4.19. The van der Waals surface area contributed by atoms with E-state index < -0.39 is 38.6 Å². The molecule has 1 amide bonds. The Kier molecular flexibility index (Phi) is 5.10. The quantitative estimate of drug-likeness (QED) is 0.882. The van der Waals surface area contributed by atoms with Crippen LogP contribution in [-0.2, 0) is 27.0 Å². The molecule has 132 valence electrons. The number of sulfonamides is 1. The van der Waals surface area contributed by atoms with Crippen molar-refractivity contribution >= 4 is 27.7 Å². The molecule has 2 aromatic rings. The topological polar surface area (TPSA) is 63.2 Å². The van der Waals surface area contributed by atoms with Crippen molar-refractivity contribution < 1.29 is 22.0 Å². The molecule has 8 heteroatoms. The van der Waals surface area contributed by atoms with Crippen molar-refractivity contribution in [2.75, 3.05) is 5.75 Å². The lowest BCUT2D eigenvalue weighted by atomic mass is 10.0. The minimum atomic E-state index is -4.10. The molecule has 1 atom stereocenters. The van der Waals surface area contributed by atoms with Crippen LogP contribution in [0.4, 0.5) is 8.78 Å². The highest BCUT2D eigenvalue weighted by molar-refractivity contribution is 8.00. The molecule has 25 heavy (non-hydrogen) atoms. The number of aryl methyl sites for hydroxylation is 1. The highest BCUT2D eigenvalue weighted by atomic mass is 32.2. The summed E-state index contributed by atoms with van der Waals surface area (Å²) in [4.78, 5) is 12.4. The number of halogens is 2. The Hall–Kier alpha value is -1.93. The summed E-state index contributed by atoms with van der Waals surface area (Å²) in [5.41, 5.74) is 1.61. The van der Waals surface area contributed by atoms with Gasteiger partial charge in [0, 0.05) is 11.6 Å². The fourth-order valence-corrected chi connectivity index (χ4v) is 5.11. The lowest BCUT2D eigenvalue weighted by molar-refractivity contribution is -0.118. The van der Waals surface area contributed by atoms with Gasteiger partial charge in [-0.05, 0) is 29.4 Å². The average Bonchev–Trinajstić information content (AvgIpc) is 2.56. The molecule has 0 bridgehead atoms. The van der Waals surface area contributed by atoms with E-state index in [1.807, 2.05) is 16.9 Å². The summed E-state index contributed by atoms with van der Waals surface area (Å²) < 4.78 is 53.0. The van der Waals surface area contributed by atoms with Gasteiger partial charge in [-0.25, -0.2) is 17.2 Å². The molecular formula is C17H15F2NO3S2. The standard InChI is InChI=1S/C17H15F2NO3S2/c18-13-6-5-12(15(19)9-13)10-25(22,23)20-17(21)16-14-4-2-1-3-11(14)7-8-24-16/h1-6,9,16H,7-8,10H2,(H,20,21)/t16-/m0/s1. The molecule has 0 aromatic heterocycles. The molecule has 3 rings (SSSR count). The van der Waals surface area contributed by atoms with Gasteiger partial charge in [-0.15, -0.1) is 11.8 Å². The molecule has 1 aliphatic heterocycles. The molecule has 0 saturated carbocycles. The van der Waals surface area contributed by atoms with Crippen molar-refractivity contribution in [1.29, 1.82) is 0 Å². The van der Waals surface area contributed by atoms with Gasteiger partial charge in [0.15, 0.2) is 0 Å². The molecular weight excluding hydrogens is 368 g/mol. The third-order valence-corrected chi connectivity index (χ3v) is 6.29. The zero-order valence-corrected chi connectivity index (χ0v) is 14.7. The van der Waals surface area contributed by atoms with E-state index in [9.17, 15) is 22.0 Å². The van der Waals surface area contributed by atoms with Gasteiger partial charge >= 0.3 is 0 Å². The number of benzene rings is 2. The Labute approximate surface area is 148 Å². The fourth-order valence-electron chi connectivity index (χ4n) is 2.70. The van der Waals surface area contributed by atoms with Gasteiger partial charge in [-0.3, -0.25) is 9.52 Å². The first kappa shape index (κ1) is 17.9. The number of rotatable bonds is 4. The lowest BCUT2D eigenvalue weighted by Crippen LogP contribution is -2.35. The van der Waals surface area contributed by atoms with Crippen molar-refractivity contribution in [3.8, 4) is 0 Å². The van der Waals surface area contributed by atoms with Gasteiger partial charge < -0.3 is 0 Å². The number of thioether (sulfide) groups is 1. The molecule has 0 spiro atoms. The molecule has 1 heterocycles. The summed E-state index contributed by atoms with van der Waals surface area (Å²) >= 11 is 1.37. The molecule has 1 aliphatic rings. The maximum atomic E-state index is 13.6. The SMILES string of the molecule is O=C(NS(=O)(=O)Cc1ccc(F)cc1F)[C@H]1SCCc2ccccc21. The van der Waals surface area contributed by atoms with Crippen molar-refractivity contribution in [3.05, 3.63) is 70.8 Å². The lowest BCUT2D eigenvalue weighted by Gasteiger charge is -2.24. The zero-order chi connectivity index (χ0) is 18.0. The van der Waals surface area contributed by atoms with E-state index in [2.05, 4.69) is 0 Å². The van der Waals surface area contributed by atoms with E-state index in [4.69, 9.17) is 0 Å². The first-order valence-electron chi connectivity index (χ1n) is 7.53. The van der Waals surface area contributed by atoms with Crippen LogP contribution in [0.15, 0.2) is 42.5 Å². The van der Waals surface area contributed by atoms with Crippen LogP contribution in [-0.4, -0.2) is 20.1 Å². The molecule has 0 fully saturated rings. The van der Waals surface area contributed by atoms with E-state index in [-0.39, 0.29) is 5.56 Å². The fraction of sp³-hybridized carbons (Fsp3) is 0.235. The summed E-state index contributed by atoms with van der Waals surface area (Å²) in [6.45, 7) is 0. The molecule has 2 aromatic carbocycles. The Morgan fingerprint density at radius 2 is 1.96 bits per heavy atom. The van der Waals surface area contributed by atoms with Crippen molar-refractivity contribution in [2.24, 2.45) is 0 Å². The van der Waals surface area contributed by atoms with E-state index in [0.717, 1.165) is 29.7 Å². The van der Waals surface area contributed by atoms with Crippen LogP contribution in [0.1, 0.15) is 21.9 Å². The summed E-state index contributed by atoms with van der Waals surface area (Å²) in [6.07, 6.45) is 0.818. The van der Waals surface area contributed by atoms with Gasteiger partial charge in [-0.1, -0.05) is 30.3 Å². The molecule has 0 aliphatic carbocycles. The Bertz CT molecular complexity index is 916. The predicted molar refractivity (Wildman–Crippen MR) is 92.5 cm³/mol. The Balaban J connectivity index is 1.76. The smallest absolute Gasteiger partial charge is 0.251 e. The van der Waals surface area contributed by atoms with Crippen LogP contribution in [0.3, 0.4) is 0 Å². The normalized spacial score (nSPS) is 17.0. The average molecular weight is 383 g/mol. The maximum absolute atomic E-state index is 13.6. The van der Waals surface area contributed by atoms with Crippen molar-refractivity contribution in [1.82, 2.24) is 4.72 Å². The minimum absolute atomic E-state index is 0.196. The van der Waals surface area contributed by atoms with E-state index in [1.165, 1.54) is 11.8 Å². The number of hydrogen-bond donors (Lipinski definition) is 1. The van der Waals surface area contributed by atoms with Crippen LogP contribution in [0.2, 0.25) is 0 Å². The van der Waals surface area contributed by atoms with Crippen molar-refractivity contribution in [3.63, 3.8) is 0 Å². The number of carbonyl (C=O) groups is 1. The van der Waals surface area contributed by atoms with Crippen LogP contribution in [0, 0.1) is 11.6 Å². The second-order valence-corrected chi connectivity index (χ2v) is 8.60. The highest BCUT2D eigenvalue weighted by Crippen LogP contribution is 2.36. The van der Waals surface area contributed by atoms with E-state index >= 15 is 0 Å².